The molecule has 3 saturated carbocycles. The highest BCUT2D eigenvalue weighted by molar-refractivity contribution is 5.04. The van der Waals surface area contributed by atoms with Crippen LogP contribution in [0.1, 0.15) is 25.7 Å². The van der Waals surface area contributed by atoms with Crippen LogP contribution >= 0.6 is 0 Å². The molecule has 56 valence electrons. The van der Waals surface area contributed by atoms with E-state index in [9.17, 15) is 5.11 Å². The van der Waals surface area contributed by atoms with Gasteiger partial charge in [0.1, 0.15) is 0 Å². The number of fused-ring (bicyclic) bond motifs is 1. The molecule has 0 radical (unpaired) electrons. The summed E-state index contributed by atoms with van der Waals surface area (Å²) in [6.07, 6.45) is 5.55. The summed E-state index contributed by atoms with van der Waals surface area (Å²) in [6, 6.07) is 0. The summed E-state index contributed by atoms with van der Waals surface area (Å²) in [6.45, 7) is 0. The Morgan fingerprint density at radius 3 is 2.50 bits per heavy atom. The third-order valence-electron chi connectivity index (χ3n) is 4.13. The Morgan fingerprint density at radius 2 is 1.80 bits per heavy atom. The average molecular weight is 138 g/mol. The minimum Gasteiger partial charge on any atom is -0.393 e. The molecule has 5 atom stereocenters. The molecule has 0 aromatic carbocycles. The van der Waals surface area contributed by atoms with Gasteiger partial charge in [-0.1, -0.05) is 0 Å². The second kappa shape index (κ2) is 1.58. The molecule has 1 N–H and O–H groups in total. The van der Waals surface area contributed by atoms with E-state index in [0.29, 0.717) is 5.92 Å². The largest absolute Gasteiger partial charge is 0.393 e. The summed E-state index contributed by atoms with van der Waals surface area (Å²) < 4.78 is 0. The monoisotopic (exact) mass is 138 g/mol. The van der Waals surface area contributed by atoms with E-state index in [4.69, 9.17) is 0 Å². The van der Waals surface area contributed by atoms with Crippen LogP contribution < -0.4 is 0 Å². The summed E-state index contributed by atoms with van der Waals surface area (Å²) in [5.74, 6) is 3.41. The number of aliphatic hydroxyl groups is 1. The van der Waals surface area contributed by atoms with Gasteiger partial charge in [-0.25, -0.2) is 0 Å². The van der Waals surface area contributed by atoms with Gasteiger partial charge in [0.15, 0.2) is 0 Å². The van der Waals surface area contributed by atoms with Gasteiger partial charge in [0, 0.05) is 0 Å². The van der Waals surface area contributed by atoms with Crippen LogP contribution in [0.15, 0.2) is 0 Å². The summed E-state index contributed by atoms with van der Waals surface area (Å²) in [7, 11) is 0. The molecular weight excluding hydrogens is 124 g/mol. The predicted octanol–water partition coefficient (Wildman–Crippen LogP) is 1.41. The zero-order chi connectivity index (χ0) is 6.72. The highest BCUT2D eigenvalue weighted by atomic mass is 16.3. The summed E-state index contributed by atoms with van der Waals surface area (Å²) >= 11 is 0. The van der Waals surface area contributed by atoms with E-state index < -0.39 is 0 Å². The van der Waals surface area contributed by atoms with Crippen molar-refractivity contribution in [2.45, 2.75) is 31.8 Å². The summed E-state index contributed by atoms with van der Waals surface area (Å²) in [5, 5.41) is 9.71. The fourth-order valence-electron chi connectivity index (χ4n) is 3.73. The fraction of sp³-hybridized carbons (Fsp3) is 1.00. The zero-order valence-corrected chi connectivity index (χ0v) is 6.16. The second-order valence-corrected chi connectivity index (χ2v) is 4.39. The lowest BCUT2D eigenvalue weighted by Crippen LogP contribution is -2.25. The van der Waals surface area contributed by atoms with Crippen LogP contribution in [-0.2, 0) is 0 Å². The molecule has 1 nitrogen and oxygen atoms in total. The normalized spacial score (nSPS) is 63.9. The van der Waals surface area contributed by atoms with Crippen LogP contribution in [0.5, 0.6) is 0 Å². The molecule has 0 aromatic rings. The lowest BCUT2D eigenvalue weighted by molar-refractivity contribution is 0.0655. The highest BCUT2D eigenvalue weighted by Gasteiger charge is 2.55. The van der Waals surface area contributed by atoms with Gasteiger partial charge in [-0.15, -0.1) is 0 Å². The Hall–Kier alpha value is -0.0400. The predicted molar refractivity (Wildman–Crippen MR) is 38.4 cm³/mol. The van der Waals surface area contributed by atoms with Crippen molar-refractivity contribution >= 4 is 0 Å². The number of hydrogen-bond acceptors (Lipinski definition) is 1. The van der Waals surface area contributed by atoms with Crippen molar-refractivity contribution in [2.75, 3.05) is 0 Å². The Bertz CT molecular complexity index is 164. The standard InChI is InChI=1S/C9H14O/c10-9-6-3-5-1-2-7(9)8(5)4-6/h5-10H,1-4H2/t5-,6+,7-,8+,9?/m0/s1. The molecule has 3 aliphatic carbocycles. The van der Waals surface area contributed by atoms with Crippen LogP contribution in [0, 0.1) is 23.7 Å². The van der Waals surface area contributed by atoms with Gasteiger partial charge in [0.25, 0.3) is 0 Å². The van der Waals surface area contributed by atoms with Gasteiger partial charge < -0.3 is 5.11 Å². The first-order chi connectivity index (χ1) is 4.86. The van der Waals surface area contributed by atoms with Gasteiger partial charge in [-0.3, -0.25) is 0 Å². The number of rotatable bonds is 0. The molecule has 1 heteroatoms. The van der Waals surface area contributed by atoms with Crippen molar-refractivity contribution < 1.29 is 5.11 Å². The van der Waals surface area contributed by atoms with Gasteiger partial charge in [-0.2, -0.15) is 0 Å². The SMILES string of the molecule is OC1[C@@H]2C[C@@H]3CC[C@H]1[C@@H]3C2. The molecule has 0 spiro atoms. The number of hydrogen-bond donors (Lipinski definition) is 1. The minimum atomic E-state index is 0.101. The molecule has 2 bridgehead atoms. The smallest absolute Gasteiger partial charge is 0.0599 e. The highest BCUT2D eigenvalue weighted by Crippen LogP contribution is 2.59. The lowest BCUT2D eigenvalue weighted by atomic mass is 9.87. The van der Waals surface area contributed by atoms with E-state index in [2.05, 4.69) is 0 Å². The molecule has 3 aliphatic rings. The maximum atomic E-state index is 9.71. The third-order valence-corrected chi connectivity index (χ3v) is 4.13. The van der Waals surface area contributed by atoms with Gasteiger partial charge in [-0.05, 0) is 49.4 Å². The van der Waals surface area contributed by atoms with E-state index in [0.717, 1.165) is 17.8 Å². The van der Waals surface area contributed by atoms with Crippen molar-refractivity contribution in [1.82, 2.24) is 0 Å². The lowest BCUT2D eigenvalue weighted by Gasteiger charge is -2.23. The molecule has 1 unspecified atom stereocenters. The summed E-state index contributed by atoms with van der Waals surface area (Å²) in [4.78, 5) is 0. The van der Waals surface area contributed by atoms with E-state index >= 15 is 0 Å². The maximum Gasteiger partial charge on any atom is 0.0599 e. The van der Waals surface area contributed by atoms with E-state index in [-0.39, 0.29) is 6.10 Å². The van der Waals surface area contributed by atoms with Crippen molar-refractivity contribution in [3.8, 4) is 0 Å². The first-order valence-corrected chi connectivity index (χ1v) is 4.54. The molecule has 3 fully saturated rings. The Kier molecular flexibility index (Phi) is 0.883. The minimum absolute atomic E-state index is 0.101. The van der Waals surface area contributed by atoms with Gasteiger partial charge in [0.05, 0.1) is 6.10 Å². The summed E-state index contributed by atoms with van der Waals surface area (Å²) in [5.41, 5.74) is 0. The maximum absolute atomic E-state index is 9.71. The van der Waals surface area contributed by atoms with Crippen LogP contribution in [0.25, 0.3) is 0 Å². The molecule has 0 saturated heterocycles. The molecule has 0 aromatic heterocycles. The van der Waals surface area contributed by atoms with E-state index in [1.807, 2.05) is 0 Å². The van der Waals surface area contributed by atoms with Gasteiger partial charge in [0.2, 0.25) is 0 Å². The molecule has 0 aliphatic heterocycles. The zero-order valence-electron chi connectivity index (χ0n) is 6.16. The number of aliphatic hydroxyl groups excluding tert-OH is 1. The van der Waals surface area contributed by atoms with Crippen molar-refractivity contribution in [1.29, 1.82) is 0 Å². The van der Waals surface area contributed by atoms with Crippen molar-refractivity contribution in [3.05, 3.63) is 0 Å². The van der Waals surface area contributed by atoms with E-state index in [1.54, 1.807) is 0 Å². The quantitative estimate of drug-likeness (QED) is 0.536. The first-order valence-electron chi connectivity index (χ1n) is 4.54. The van der Waals surface area contributed by atoms with Crippen LogP contribution in [0.2, 0.25) is 0 Å². The molecule has 3 rings (SSSR count). The molecular formula is C9H14O. The topological polar surface area (TPSA) is 20.2 Å². The van der Waals surface area contributed by atoms with Crippen LogP contribution in [0.3, 0.4) is 0 Å². The van der Waals surface area contributed by atoms with Crippen molar-refractivity contribution in [2.24, 2.45) is 23.7 Å². The molecule has 0 amide bonds. The van der Waals surface area contributed by atoms with Crippen LogP contribution in [-0.4, -0.2) is 11.2 Å². The molecule has 0 heterocycles. The Morgan fingerprint density at radius 1 is 0.900 bits per heavy atom. The van der Waals surface area contributed by atoms with Crippen LogP contribution in [0.4, 0.5) is 0 Å². The fourth-order valence-corrected chi connectivity index (χ4v) is 3.73. The average Bonchev–Trinajstić information content (AvgIpc) is 2.43. The first kappa shape index (κ1) is 5.59. The Balaban J connectivity index is 2.00. The molecule has 10 heavy (non-hydrogen) atoms. The third kappa shape index (κ3) is 0.460. The Labute approximate surface area is 61.4 Å². The van der Waals surface area contributed by atoms with E-state index in [1.165, 1.54) is 25.7 Å². The van der Waals surface area contributed by atoms with Gasteiger partial charge >= 0.3 is 0 Å². The van der Waals surface area contributed by atoms with Crippen molar-refractivity contribution in [3.63, 3.8) is 0 Å². The second-order valence-electron chi connectivity index (χ2n) is 4.39.